The van der Waals surface area contributed by atoms with Crippen molar-refractivity contribution in [1.29, 1.82) is 0 Å². The summed E-state index contributed by atoms with van der Waals surface area (Å²) < 4.78 is 46.8. The van der Waals surface area contributed by atoms with E-state index >= 15 is 0 Å². The van der Waals surface area contributed by atoms with Crippen molar-refractivity contribution >= 4 is 21.6 Å². The minimum absolute atomic E-state index is 0.0466. The van der Waals surface area contributed by atoms with Crippen molar-refractivity contribution in [3.8, 4) is 16.9 Å². The maximum Gasteiger partial charge on any atom is 0.265 e. The zero-order chi connectivity index (χ0) is 22.0. The molecule has 3 aromatic carbocycles. The molecular formula is C23H21FN2O4S. The Morgan fingerprint density at radius 3 is 2.65 bits per heavy atom. The third-order valence-electron chi connectivity index (χ3n) is 4.96. The summed E-state index contributed by atoms with van der Waals surface area (Å²) in [5, 5.41) is 2.74. The number of carbonyl (C=O) groups is 1. The fourth-order valence-electron chi connectivity index (χ4n) is 3.57. The molecule has 6 nitrogen and oxygen atoms in total. The fraction of sp³-hybridized carbons (Fsp3) is 0.174. The Hall–Kier alpha value is -3.39. The van der Waals surface area contributed by atoms with E-state index in [0.29, 0.717) is 23.5 Å². The minimum atomic E-state index is -3.97. The summed E-state index contributed by atoms with van der Waals surface area (Å²) in [7, 11) is -3.97. The van der Waals surface area contributed by atoms with E-state index in [-0.39, 0.29) is 17.1 Å². The molecule has 1 amide bonds. The molecule has 0 saturated heterocycles. The molecule has 8 heteroatoms. The van der Waals surface area contributed by atoms with Crippen LogP contribution in [-0.2, 0) is 21.4 Å². The molecule has 0 bridgehead atoms. The first kappa shape index (κ1) is 20.9. The van der Waals surface area contributed by atoms with Crippen LogP contribution in [0, 0.1) is 5.82 Å². The zero-order valence-corrected chi connectivity index (χ0v) is 17.7. The molecule has 0 aromatic heterocycles. The highest BCUT2D eigenvalue weighted by molar-refractivity contribution is 7.93. The molecule has 1 aliphatic heterocycles. The number of sulfonamides is 1. The number of rotatable bonds is 6. The Bertz CT molecular complexity index is 1240. The minimum Gasteiger partial charge on any atom is -0.494 e. The summed E-state index contributed by atoms with van der Waals surface area (Å²) in [6, 6.07) is 17.6. The van der Waals surface area contributed by atoms with Crippen LogP contribution in [0.5, 0.6) is 5.75 Å². The van der Waals surface area contributed by atoms with Crippen molar-refractivity contribution in [3.63, 3.8) is 0 Å². The molecule has 0 spiro atoms. The predicted molar refractivity (Wildman–Crippen MR) is 116 cm³/mol. The molecule has 160 valence electrons. The molecule has 0 aliphatic carbocycles. The van der Waals surface area contributed by atoms with E-state index in [9.17, 15) is 17.6 Å². The molecule has 4 rings (SSSR count). The maximum absolute atomic E-state index is 13.9. The Balaban J connectivity index is 1.58. The second-order valence-corrected chi connectivity index (χ2v) is 8.86. The Morgan fingerprint density at radius 2 is 1.84 bits per heavy atom. The van der Waals surface area contributed by atoms with Crippen LogP contribution in [-0.4, -0.2) is 27.5 Å². The Labute approximate surface area is 180 Å². The summed E-state index contributed by atoms with van der Waals surface area (Å²) >= 11 is 0. The van der Waals surface area contributed by atoms with Crippen molar-refractivity contribution in [3.05, 3.63) is 78.1 Å². The van der Waals surface area contributed by atoms with Gasteiger partial charge < -0.3 is 10.1 Å². The second-order valence-electron chi connectivity index (χ2n) is 7.03. The van der Waals surface area contributed by atoms with Gasteiger partial charge in [0.25, 0.3) is 10.0 Å². The van der Waals surface area contributed by atoms with Crippen LogP contribution >= 0.6 is 0 Å². The SMILES string of the molecule is CCOc1cccc(CNC(=O)CN2c3ccc(F)cc3-c3ccccc3S2(=O)=O)c1. The van der Waals surface area contributed by atoms with Gasteiger partial charge in [0, 0.05) is 17.7 Å². The van der Waals surface area contributed by atoms with Gasteiger partial charge >= 0.3 is 0 Å². The predicted octanol–water partition coefficient (Wildman–Crippen LogP) is 3.72. The van der Waals surface area contributed by atoms with Crippen LogP contribution in [0.15, 0.2) is 71.6 Å². The van der Waals surface area contributed by atoms with E-state index in [2.05, 4.69) is 5.32 Å². The van der Waals surface area contributed by atoms with Crippen molar-refractivity contribution in [2.24, 2.45) is 0 Å². The molecule has 0 radical (unpaired) electrons. The number of amides is 1. The largest absolute Gasteiger partial charge is 0.494 e. The normalized spacial score (nSPS) is 13.8. The van der Waals surface area contributed by atoms with E-state index in [1.165, 1.54) is 24.3 Å². The number of hydrogen-bond donors (Lipinski definition) is 1. The monoisotopic (exact) mass is 440 g/mol. The molecule has 1 N–H and O–H groups in total. The molecule has 1 aliphatic rings. The van der Waals surface area contributed by atoms with Crippen LogP contribution in [0.1, 0.15) is 12.5 Å². The Morgan fingerprint density at radius 1 is 1.03 bits per heavy atom. The van der Waals surface area contributed by atoms with E-state index < -0.39 is 28.3 Å². The van der Waals surface area contributed by atoms with Gasteiger partial charge in [-0.2, -0.15) is 0 Å². The lowest BCUT2D eigenvalue weighted by Crippen LogP contribution is -2.42. The number of fused-ring (bicyclic) bond motifs is 3. The average Bonchev–Trinajstić information content (AvgIpc) is 2.76. The number of nitrogens with zero attached hydrogens (tertiary/aromatic N) is 1. The number of halogens is 1. The lowest BCUT2D eigenvalue weighted by atomic mass is 10.0. The van der Waals surface area contributed by atoms with Crippen LogP contribution < -0.4 is 14.4 Å². The van der Waals surface area contributed by atoms with E-state index in [4.69, 9.17) is 4.74 Å². The summed E-state index contributed by atoms with van der Waals surface area (Å²) in [5.41, 5.74) is 1.95. The second kappa shape index (κ2) is 8.39. The van der Waals surface area contributed by atoms with Crippen molar-refractivity contribution in [1.82, 2.24) is 5.32 Å². The lowest BCUT2D eigenvalue weighted by molar-refractivity contribution is -0.119. The molecule has 0 atom stereocenters. The molecule has 31 heavy (non-hydrogen) atoms. The summed E-state index contributed by atoms with van der Waals surface area (Å²) in [5.74, 6) is -0.258. The summed E-state index contributed by atoms with van der Waals surface area (Å²) in [6.45, 7) is 2.22. The van der Waals surface area contributed by atoms with Crippen LogP contribution in [0.3, 0.4) is 0 Å². The topological polar surface area (TPSA) is 75.7 Å². The molecule has 0 fully saturated rings. The number of hydrogen-bond acceptors (Lipinski definition) is 4. The quantitative estimate of drug-likeness (QED) is 0.634. The average molecular weight is 440 g/mol. The van der Waals surface area contributed by atoms with Gasteiger partial charge in [0.2, 0.25) is 5.91 Å². The van der Waals surface area contributed by atoms with Gasteiger partial charge in [0.05, 0.1) is 17.2 Å². The third kappa shape index (κ3) is 4.11. The number of ether oxygens (including phenoxy) is 1. The Kier molecular flexibility index (Phi) is 5.65. The van der Waals surface area contributed by atoms with Gasteiger partial charge in [-0.25, -0.2) is 12.8 Å². The van der Waals surface area contributed by atoms with Crippen molar-refractivity contribution in [2.45, 2.75) is 18.4 Å². The highest BCUT2D eigenvalue weighted by Gasteiger charge is 2.36. The molecule has 1 heterocycles. The maximum atomic E-state index is 13.9. The third-order valence-corrected chi connectivity index (χ3v) is 6.78. The molecule has 3 aromatic rings. The fourth-order valence-corrected chi connectivity index (χ4v) is 5.22. The van der Waals surface area contributed by atoms with Crippen molar-refractivity contribution < 1.29 is 22.3 Å². The highest BCUT2D eigenvalue weighted by Crippen LogP contribution is 2.42. The van der Waals surface area contributed by atoms with Crippen LogP contribution in [0.25, 0.3) is 11.1 Å². The van der Waals surface area contributed by atoms with Gasteiger partial charge in [-0.15, -0.1) is 0 Å². The van der Waals surface area contributed by atoms with Gasteiger partial charge in [-0.05, 0) is 48.9 Å². The van der Waals surface area contributed by atoms with Crippen molar-refractivity contribution in [2.75, 3.05) is 17.5 Å². The van der Waals surface area contributed by atoms with Crippen LogP contribution in [0.2, 0.25) is 0 Å². The smallest absolute Gasteiger partial charge is 0.265 e. The van der Waals surface area contributed by atoms with Crippen LogP contribution in [0.4, 0.5) is 10.1 Å². The van der Waals surface area contributed by atoms with Gasteiger partial charge in [-0.1, -0.05) is 30.3 Å². The first-order valence-corrected chi connectivity index (χ1v) is 11.2. The zero-order valence-electron chi connectivity index (χ0n) is 16.8. The number of benzene rings is 3. The van der Waals surface area contributed by atoms with E-state index in [1.54, 1.807) is 18.2 Å². The first-order valence-electron chi connectivity index (χ1n) is 9.80. The van der Waals surface area contributed by atoms with E-state index in [0.717, 1.165) is 9.87 Å². The molecular weight excluding hydrogens is 419 g/mol. The van der Waals surface area contributed by atoms with Gasteiger partial charge in [0.1, 0.15) is 18.1 Å². The highest BCUT2D eigenvalue weighted by atomic mass is 32.2. The number of nitrogens with one attached hydrogen (secondary N) is 1. The number of anilines is 1. The van der Waals surface area contributed by atoms with E-state index in [1.807, 2.05) is 31.2 Å². The number of carbonyl (C=O) groups excluding carboxylic acids is 1. The molecule has 0 saturated carbocycles. The summed E-state index contributed by atoms with van der Waals surface area (Å²) in [6.07, 6.45) is 0. The van der Waals surface area contributed by atoms with Gasteiger partial charge in [0.15, 0.2) is 0 Å². The first-order chi connectivity index (χ1) is 14.9. The molecule has 0 unspecified atom stereocenters. The van der Waals surface area contributed by atoms with Gasteiger partial charge in [-0.3, -0.25) is 9.10 Å². The summed E-state index contributed by atoms with van der Waals surface area (Å²) in [4.78, 5) is 12.7. The lowest BCUT2D eigenvalue weighted by Gasteiger charge is -2.31. The standard InChI is InChI=1S/C23H21FN2O4S/c1-2-30-18-7-5-6-16(12-18)14-25-23(27)15-26-21-11-10-17(24)13-20(21)19-8-3-4-9-22(19)31(26,28)29/h3-13H,2,14-15H2,1H3,(H,25,27).